The fourth-order valence-corrected chi connectivity index (χ4v) is 5.84. The number of halogens is 1. The van der Waals surface area contributed by atoms with Crippen molar-refractivity contribution in [3.63, 3.8) is 0 Å². The molecule has 0 unspecified atom stereocenters. The second-order valence-corrected chi connectivity index (χ2v) is 8.71. The number of rotatable bonds is 2. The van der Waals surface area contributed by atoms with Gasteiger partial charge in [-0.15, -0.1) is 0 Å². The number of hydrogen-bond donors (Lipinski definition) is 0. The van der Waals surface area contributed by atoms with Crippen LogP contribution in [-0.4, -0.2) is 14.5 Å². The van der Waals surface area contributed by atoms with E-state index in [0.717, 1.165) is 32.9 Å². The van der Waals surface area contributed by atoms with E-state index in [2.05, 4.69) is 15.9 Å². The summed E-state index contributed by atoms with van der Waals surface area (Å²) in [4.78, 5) is 0.352. The zero-order valence-electron chi connectivity index (χ0n) is 13.1. The minimum atomic E-state index is -3.63. The monoisotopic (exact) mass is 401 g/mol. The zero-order chi connectivity index (χ0) is 16.9. The van der Waals surface area contributed by atoms with E-state index in [1.54, 1.807) is 10.4 Å². The fraction of sp³-hybridized carbons (Fsp3) is 0.158. The van der Waals surface area contributed by atoms with E-state index >= 15 is 0 Å². The molecule has 1 aliphatic rings. The molecule has 3 nitrogen and oxygen atoms in total. The van der Waals surface area contributed by atoms with Gasteiger partial charge in [0.25, 0.3) is 10.0 Å². The number of anilines is 1. The fourth-order valence-electron chi connectivity index (χ4n) is 3.47. The third-order valence-corrected chi connectivity index (χ3v) is 7.19. The summed E-state index contributed by atoms with van der Waals surface area (Å²) in [5, 5.41) is 1.64. The maximum absolute atomic E-state index is 13.4. The number of hydrogen-bond acceptors (Lipinski definition) is 2. The van der Waals surface area contributed by atoms with E-state index in [9.17, 15) is 8.42 Å². The first-order valence-corrected chi connectivity index (χ1v) is 10.0. The molecule has 24 heavy (non-hydrogen) atoms. The van der Waals surface area contributed by atoms with Gasteiger partial charge in [0, 0.05) is 15.9 Å². The van der Waals surface area contributed by atoms with Crippen molar-refractivity contribution >= 4 is 42.4 Å². The van der Waals surface area contributed by atoms with E-state index in [0.29, 0.717) is 4.90 Å². The highest BCUT2D eigenvalue weighted by atomic mass is 79.9. The zero-order valence-corrected chi connectivity index (χ0v) is 15.5. The standard InChI is InChI=1S/C19H16BrNO2S/c1-13-12-14-6-2-5-9-18(14)21(13)24(22,23)19-11-10-17(20)15-7-3-4-8-16(15)19/h2-11,13H,12H2,1H3/t13-/m1/s1. The highest BCUT2D eigenvalue weighted by molar-refractivity contribution is 9.10. The molecule has 3 aromatic rings. The van der Waals surface area contributed by atoms with Gasteiger partial charge in [0.2, 0.25) is 0 Å². The van der Waals surface area contributed by atoms with Gasteiger partial charge >= 0.3 is 0 Å². The third-order valence-electron chi connectivity index (χ3n) is 4.51. The highest BCUT2D eigenvalue weighted by Gasteiger charge is 2.36. The molecule has 0 fully saturated rings. The average Bonchev–Trinajstić information content (AvgIpc) is 2.91. The highest BCUT2D eigenvalue weighted by Crippen LogP contribution is 2.39. The number of benzene rings is 3. The van der Waals surface area contributed by atoms with Crippen LogP contribution in [0.1, 0.15) is 12.5 Å². The second kappa shape index (κ2) is 5.60. The molecule has 0 saturated heterocycles. The summed E-state index contributed by atoms with van der Waals surface area (Å²) in [6.07, 6.45) is 0.740. The van der Waals surface area contributed by atoms with Gasteiger partial charge < -0.3 is 0 Å². The quantitative estimate of drug-likeness (QED) is 0.621. The minimum Gasteiger partial charge on any atom is -0.263 e. The summed E-state index contributed by atoms with van der Waals surface area (Å²) < 4.78 is 29.3. The first kappa shape index (κ1) is 15.7. The largest absolute Gasteiger partial charge is 0.265 e. The predicted molar refractivity (Wildman–Crippen MR) is 101 cm³/mol. The van der Waals surface area contributed by atoms with Gasteiger partial charge in [-0.2, -0.15) is 0 Å². The van der Waals surface area contributed by atoms with E-state index in [1.807, 2.05) is 61.5 Å². The molecular weight excluding hydrogens is 386 g/mol. The molecule has 1 atom stereocenters. The molecule has 0 N–H and O–H groups in total. The maximum Gasteiger partial charge on any atom is 0.265 e. The minimum absolute atomic E-state index is 0.0881. The first-order valence-electron chi connectivity index (χ1n) is 7.80. The summed E-state index contributed by atoms with van der Waals surface area (Å²) in [6.45, 7) is 1.96. The Bertz CT molecular complexity index is 1050. The SMILES string of the molecule is C[C@@H]1Cc2ccccc2N1S(=O)(=O)c1ccc(Br)c2ccccc12. The Morgan fingerprint density at radius 3 is 2.42 bits per heavy atom. The molecule has 4 rings (SSSR count). The maximum atomic E-state index is 13.4. The Kier molecular flexibility index (Phi) is 3.66. The lowest BCUT2D eigenvalue weighted by Crippen LogP contribution is -2.35. The van der Waals surface area contributed by atoms with Gasteiger partial charge in [-0.05, 0) is 42.5 Å². The smallest absolute Gasteiger partial charge is 0.263 e. The van der Waals surface area contributed by atoms with E-state index in [4.69, 9.17) is 0 Å². The molecule has 1 aliphatic heterocycles. The van der Waals surface area contributed by atoms with Crippen molar-refractivity contribution in [3.8, 4) is 0 Å². The third kappa shape index (κ3) is 2.26. The lowest BCUT2D eigenvalue weighted by molar-refractivity contribution is 0.585. The Hall–Kier alpha value is -1.85. The average molecular weight is 402 g/mol. The van der Waals surface area contributed by atoms with E-state index in [1.165, 1.54) is 0 Å². The van der Waals surface area contributed by atoms with E-state index in [-0.39, 0.29) is 6.04 Å². The van der Waals surface area contributed by atoms with Crippen LogP contribution in [0.25, 0.3) is 10.8 Å². The molecular formula is C19H16BrNO2S. The molecule has 0 radical (unpaired) electrons. The predicted octanol–water partition coefficient (Wildman–Crippen LogP) is 4.74. The number of nitrogens with zero attached hydrogens (tertiary/aromatic N) is 1. The van der Waals surface area contributed by atoms with Gasteiger partial charge in [0.1, 0.15) is 0 Å². The Morgan fingerprint density at radius 1 is 0.958 bits per heavy atom. The van der Waals surface area contributed by atoms with Crippen molar-refractivity contribution in [1.29, 1.82) is 0 Å². The first-order chi connectivity index (χ1) is 11.5. The lowest BCUT2D eigenvalue weighted by atomic mass is 10.1. The van der Waals surface area contributed by atoms with Crippen LogP contribution >= 0.6 is 15.9 Å². The van der Waals surface area contributed by atoms with Crippen molar-refractivity contribution in [1.82, 2.24) is 0 Å². The van der Waals surface area contributed by atoms with Crippen LogP contribution in [0.5, 0.6) is 0 Å². The van der Waals surface area contributed by atoms with Crippen molar-refractivity contribution in [2.24, 2.45) is 0 Å². The molecule has 0 aliphatic carbocycles. The van der Waals surface area contributed by atoms with Gasteiger partial charge in [-0.25, -0.2) is 8.42 Å². The van der Waals surface area contributed by atoms with Crippen molar-refractivity contribution in [3.05, 3.63) is 70.7 Å². The molecule has 0 amide bonds. The normalized spacial score (nSPS) is 17.2. The van der Waals surface area contributed by atoms with Crippen LogP contribution in [0.3, 0.4) is 0 Å². The van der Waals surface area contributed by atoms with Gasteiger partial charge in [-0.3, -0.25) is 4.31 Å². The van der Waals surface area contributed by atoms with Crippen LogP contribution < -0.4 is 4.31 Å². The molecule has 5 heteroatoms. The molecule has 0 aromatic heterocycles. The summed E-state index contributed by atoms with van der Waals surface area (Å²) in [7, 11) is -3.63. The summed E-state index contributed by atoms with van der Waals surface area (Å²) >= 11 is 3.51. The van der Waals surface area contributed by atoms with Crippen molar-refractivity contribution < 1.29 is 8.42 Å². The van der Waals surface area contributed by atoms with Crippen LogP contribution in [0.2, 0.25) is 0 Å². The second-order valence-electron chi connectivity index (χ2n) is 6.07. The van der Waals surface area contributed by atoms with Crippen molar-refractivity contribution in [2.75, 3.05) is 4.31 Å². The van der Waals surface area contributed by atoms with Crippen LogP contribution in [0.15, 0.2) is 70.0 Å². The van der Waals surface area contributed by atoms with E-state index < -0.39 is 10.0 Å². The molecule has 0 saturated carbocycles. The topological polar surface area (TPSA) is 37.4 Å². The van der Waals surface area contributed by atoms with Crippen molar-refractivity contribution in [2.45, 2.75) is 24.3 Å². The summed E-state index contributed by atoms with van der Waals surface area (Å²) in [5.41, 5.74) is 1.87. The van der Waals surface area contributed by atoms with Gasteiger partial charge in [0.15, 0.2) is 0 Å². The van der Waals surface area contributed by atoms with Gasteiger partial charge in [0.05, 0.1) is 10.6 Å². The Morgan fingerprint density at radius 2 is 1.62 bits per heavy atom. The van der Waals surface area contributed by atoms with Gasteiger partial charge in [-0.1, -0.05) is 58.4 Å². The lowest BCUT2D eigenvalue weighted by Gasteiger charge is -2.25. The van der Waals surface area contributed by atoms with Crippen LogP contribution in [0.4, 0.5) is 5.69 Å². The molecule has 0 bridgehead atoms. The summed E-state index contributed by atoms with van der Waals surface area (Å²) in [5.74, 6) is 0. The number of fused-ring (bicyclic) bond motifs is 2. The Labute approximate surface area is 150 Å². The van der Waals surface area contributed by atoms with Crippen LogP contribution in [0, 0.1) is 0 Å². The molecule has 122 valence electrons. The molecule has 3 aromatic carbocycles. The Balaban J connectivity index is 1.96. The molecule has 0 spiro atoms. The summed E-state index contributed by atoms with van der Waals surface area (Å²) in [6, 6.07) is 18.7. The number of para-hydroxylation sites is 1. The van der Waals surface area contributed by atoms with Crippen LogP contribution in [-0.2, 0) is 16.4 Å². The molecule has 1 heterocycles. The number of sulfonamides is 1.